The fourth-order valence-electron chi connectivity index (χ4n) is 7.22. The molecule has 2 saturated carbocycles. The zero-order valence-electron chi connectivity index (χ0n) is 22.0. The number of rotatable bonds is 10. The Bertz CT molecular complexity index is 529. The lowest BCUT2D eigenvalue weighted by Crippen LogP contribution is -2.53. The highest BCUT2D eigenvalue weighted by Crippen LogP contribution is 2.45. The highest BCUT2D eigenvalue weighted by atomic mass is 35.5. The van der Waals surface area contributed by atoms with E-state index in [0.29, 0.717) is 22.8 Å². The van der Waals surface area contributed by atoms with Crippen molar-refractivity contribution in [1.29, 1.82) is 0 Å². The van der Waals surface area contributed by atoms with Gasteiger partial charge in [-0.3, -0.25) is 0 Å². The van der Waals surface area contributed by atoms with E-state index in [2.05, 4.69) is 50.2 Å². The van der Waals surface area contributed by atoms with Crippen LogP contribution in [0.15, 0.2) is 0 Å². The predicted octanol–water partition coefficient (Wildman–Crippen LogP) is 6.16. The molecule has 3 nitrogen and oxygen atoms in total. The van der Waals surface area contributed by atoms with Gasteiger partial charge in [0.25, 0.3) is 0 Å². The standard InChI is InChI=1S/C28H54ClN3/c1-6-30-17-22-8-7-9-23(16-22)18-31-27(21(2)3)19-32-15-14-26(28(4,5)20-32)24-10-12-25(29)13-11-24/h21-27,30-31H,6-20H2,1-5H3/t22?,23?,24?,25?,26?,27-/m0/s1. The van der Waals surface area contributed by atoms with Crippen molar-refractivity contribution in [1.82, 2.24) is 15.5 Å². The maximum Gasteiger partial charge on any atom is 0.0336 e. The number of hydrogen-bond donors (Lipinski definition) is 2. The molecule has 2 N–H and O–H groups in total. The Kier molecular flexibility index (Phi) is 10.7. The van der Waals surface area contributed by atoms with Crippen LogP contribution < -0.4 is 10.6 Å². The molecule has 0 bridgehead atoms. The molecular formula is C28H54ClN3. The fourth-order valence-corrected chi connectivity index (χ4v) is 7.48. The highest BCUT2D eigenvalue weighted by molar-refractivity contribution is 6.20. The quantitative estimate of drug-likeness (QED) is 0.376. The van der Waals surface area contributed by atoms with E-state index in [1.807, 2.05) is 0 Å². The molecule has 3 fully saturated rings. The van der Waals surface area contributed by atoms with Gasteiger partial charge in [-0.2, -0.15) is 0 Å². The third kappa shape index (κ3) is 7.85. The van der Waals surface area contributed by atoms with Crippen LogP contribution in [0, 0.1) is 35.0 Å². The SMILES string of the molecule is CCNCC1CCCC(CN[C@@H](CN2CCC(C3CCC(Cl)CC3)C(C)(C)C2)C(C)C)C1. The largest absolute Gasteiger partial charge is 0.317 e. The Morgan fingerprint density at radius 3 is 2.28 bits per heavy atom. The number of nitrogens with zero attached hydrogens (tertiary/aromatic N) is 1. The van der Waals surface area contributed by atoms with Gasteiger partial charge in [-0.15, -0.1) is 11.6 Å². The molecule has 1 heterocycles. The third-order valence-corrected chi connectivity index (χ3v) is 9.60. The minimum atomic E-state index is 0.423. The zero-order valence-corrected chi connectivity index (χ0v) is 22.7. The van der Waals surface area contributed by atoms with E-state index in [1.165, 1.54) is 90.5 Å². The molecule has 4 heteroatoms. The van der Waals surface area contributed by atoms with Crippen LogP contribution >= 0.6 is 11.6 Å². The molecule has 3 aliphatic rings. The second-order valence-electron chi connectivity index (χ2n) is 12.6. The van der Waals surface area contributed by atoms with E-state index in [4.69, 9.17) is 11.6 Å². The number of hydrogen-bond acceptors (Lipinski definition) is 3. The molecule has 0 spiro atoms. The smallest absolute Gasteiger partial charge is 0.0336 e. The van der Waals surface area contributed by atoms with Crippen LogP contribution in [0.3, 0.4) is 0 Å². The van der Waals surface area contributed by atoms with Gasteiger partial charge < -0.3 is 15.5 Å². The summed E-state index contributed by atoms with van der Waals surface area (Å²) in [4.78, 5) is 2.79. The van der Waals surface area contributed by atoms with Crippen LogP contribution in [-0.4, -0.2) is 55.6 Å². The number of halogens is 1. The summed E-state index contributed by atoms with van der Waals surface area (Å²) in [5.41, 5.74) is 0.423. The van der Waals surface area contributed by atoms with Crippen LogP contribution in [0.4, 0.5) is 0 Å². The lowest BCUT2D eigenvalue weighted by molar-refractivity contribution is 0.00453. The number of alkyl halides is 1. The van der Waals surface area contributed by atoms with Gasteiger partial charge in [0.05, 0.1) is 0 Å². The Morgan fingerprint density at radius 1 is 0.969 bits per heavy atom. The topological polar surface area (TPSA) is 27.3 Å². The van der Waals surface area contributed by atoms with Crippen LogP contribution in [0.2, 0.25) is 0 Å². The molecule has 4 atom stereocenters. The first-order valence-electron chi connectivity index (χ1n) is 14.1. The van der Waals surface area contributed by atoms with E-state index in [1.54, 1.807) is 0 Å². The fraction of sp³-hybridized carbons (Fsp3) is 1.00. The second-order valence-corrected chi connectivity index (χ2v) is 13.2. The first-order valence-corrected chi connectivity index (χ1v) is 14.5. The van der Waals surface area contributed by atoms with E-state index in [9.17, 15) is 0 Å². The van der Waals surface area contributed by atoms with Gasteiger partial charge in [-0.1, -0.05) is 41.0 Å². The summed E-state index contributed by atoms with van der Waals surface area (Å²) in [6, 6.07) is 0.614. The Labute approximate surface area is 205 Å². The summed E-state index contributed by atoms with van der Waals surface area (Å²) in [5.74, 6) is 4.23. The van der Waals surface area contributed by atoms with Gasteiger partial charge in [-0.25, -0.2) is 0 Å². The van der Waals surface area contributed by atoms with Crippen molar-refractivity contribution in [3.05, 3.63) is 0 Å². The Balaban J connectivity index is 1.46. The molecule has 0 radical (unpaired) electrons. The summed E-state index contributed by atoms with van der Waals surface area (Å²) in [7, 11) is 0. The molecule has 188 valence electrons. The van der Waals surface area contributed by atoms with Crippen molar-refractivity contribution in [3.63, 3.8) is 0 Å². The van der Waals surface area contributed by atoms with Gasteiger partial charge in [-0.05, 0) is 113 Å². The zero-order chi connectivity index (χ0) is 23.1. The molecule has 3 rings (SSSR count). The van der Waals surface area contributed by atoms with Crippen molar-refractivity contribution in [2.24, 2.45) is 35.0 Å². The molecule has 0 aromatic rings. The molecule has 3 unspecified atom stereocenters. The van der Waals surface area contributed by atoms with Gasteiger partial charge in [0.1, 0.15) is 0 Å². The minimum absolute atomic E-state index is 0.423. The number of likely N-dealkylation sites (tertiary alicyclic amines) is 1. The summed E-state index contributed by atoms with van der Waals surface area (Å²) < 4.78 is 0. The predicted molar refractivity (Wildman–Crippen MR) is 141 cm³/mol. The molecule has 2 aliphatic carbocycles. The maximum atomic E-state index is 6.40. The monoisotopic (exact) mass is 467 g/mol. The minimum Gasteiger partial charge on any atom is -0.317 e. The second kappa shape index (κ2) is 12.8. The Hall–Kier alpha value is 0.170. The summed E-state index contributed by atoms with van der Waals surface area (Å²) in [5, 5.41) is 8.06. The average Bonchev–Trinajstić information content (AvgIpc) is 2.75. The van der Waals surface area contributed by atoms with Crippen LogP contribution in [-0.2, 0) is 0 Å². The van der Waals surface area contributed by atoms with Crippen molar-refractivity contribution in [3.8, 4) is 0 Å². The third-order valence-electron chi connectivity index (χ3n) is 9.16. The molecule has 1 saturated heterocycles. The average molecular weight is 468 g/mol. The number of piperidine rings is 1. The van der Waals surface area contributed by atoms with Gasteiger partial charge in [0, 0.05) is 24.5 Å². The van der Waals surface area contributed by atoms with Crippen molar-refractivity contribution in [2.45, 2.75) is 104 Å². The van der Waals surface area contributed by atoms with E-state index < -0.39 is 0 Å². The molecular weight excluding hydrogens is 414 g/mol. The highest BCUT2D eigenvalue weighted by Gasteiger charge is 2.41. The lowest BCUT2D eigenvalue weighted by Gasteiger charge is -2.49. The van der Waals surface area contributed by atoms with E-state index >= 15 is 0 Å². The van der Waals surface area contributed by atoms with E-state index in [0.717, 1.165) is 30.2 Å². The molecule has 32 heavy (non-hydrogen) atoms. The normalized spacial score (nSPS) is 35.2. The van der Waals surface area contributed by atoms with Crippen molar-refractivity contribution < 1.29 is 0 Å². The molecule has 1 aliphatic heterocycles. The van der Waals surface area contributed by atoms with Crippen molar-refractivity contribution in [2.75, 3.05) is 39.3 Å². The van der Waals surface area contributed by atoms with Crippen LogP contribution in [0.1, 0.15) is 92.4 Å². The maximum absolute atomic E-state index is 6.40. The van der Waals surface area contributed by atoms with Gasteiger partial charge in [0.2, 0.25) is 0 Å². The lowest BCUT2D eigenvalue weighted by atomic mass is 9.64. The summed E-state index contributed by atoms with van der Waals surface area (Å²) >= 11 is 6.40. The van der Waals surface area contributed by atoms with Gasteiger partial charge >= 0.3 is 0 Å². The molecule has 0 aromatic heterocycles. The van der Waals surface area contributed by atoms with Gasteiger partial charge in [0.15, 0.2) is 0 Å². The van der Waals surface area contributed by atoms with Crippen LogP contribution in [0.25, 0.3) is 0 Å². The van der Waals surface area contributed by atoms with Crippen molar-refractivity contribution >= 4 is 11.6 Å². The first-order chi connectivity index (χ1) is 15.3. The summed E-state index contributed by atoms with van der Waals surface area (Å²) in [6.07, 6.45) is 12.2. The molecule has 0 aromatic carbocycles. The molecule has 0 amide bonds. The Morgan fingerprint density at radius 2 is 1.66 bits per heavy atom. The number of nitrogens with one attached hydrogen (secondary N) is 2. The first kappa shape index (κ1) is 26.8. The van der Waals surface area contributed by atoms with E-state index in [-0.39, 0.29) is 0 Å². The van der Waals surface area contributed by atoms with Crippen LogP contribution in [0.5, 0.6) is 0 Å². The summed E-state index contributed by atoms with van der Waals surface area (Å²) in [6.45, 7) is 19.4.